The van der Waals surface area contributed by atoms with Gasteiger partial charge in [0.15, 0.2) is 0 Å². The first kappa shape index (κ1) is 16.5. The summed E-state index contributed by atoms with van der Waals surface area (Å²) in [5.41, 5.74) is 1.22. The van der Waals surface area contributed by atoms with Gasteiger partial charge in [0.25, 0.3) is 0 Å². The number of ether oxygens (including phenoxy) is 1. The molecule has 5 nitrogen and oxygen atoms in total. The zero-order valence-corrected chi connectivity index (χ0v) is 13.3. The summed E-state index contributed by atoms with van der Waals surface area (Å²) in [6.45, 7) is 7.20. The van der Waals surface area contributed by atoms with Crippen LogP contribution in [0.2, 0.25) is 0 Å². The third-order valence-corrected chi connectivity index (χ3v) is 3.87. The van der Waals surface area contributed by atoms with Gasteiger partial charge in [-0.05, 0) is 50.2 Å². The summed E-state index contributed by atoms with van der Waals surface area (Å²) in [5, 5.41) is 2.85. The average molecular weight is 304 g/mol. The maximum Gasteiger partial charge on any atom is 0.338 e. The van der Waals surface area contributed by atoms with E-state index in [1.165, 1.54) is 0 Å². The summed E-state index contributed by atoms with van der Waals surface area (Å²) in [6, 6.07) is 6.84. The van der Waals surface area contributed by atoms with E-state index in [9.17, 15) is 9.59 Å². The molecule has 22 heavy (non-hydrogen) atoms. The highest BCUT2D eigenvalue weighted by atomic mass is 16.5. The predicted molar refractivity (Wildman–Crippen MR) is 85.9 cm³/mol. The van der Waals surface area contributed by atoms with Crippen molar-refractivity contribution in [3.63, 3.8) is 0 Å². The summed E-state index contributed by atoms with van der Waals surface area (Å²) in [7, 11) is 0. The van der Waals surface area contributed by atoms with Crippen molar-refractivity contribution in [1.29, 1.82) is 0 Å². The third kappa shape index (κ3) is 4.84. The standard InChI is InChI=1S/C17H24N2O3/c1-3-19(4-2)11-12-22-17(21)14-7-9-15(10-8-14)18-16(20)13-5-6-13/h7-10,13H,3-6,11-12H2,1-2H3,(H,18,20). The van der Waals surface area contributed by atoms with Gasteiger partial charge in [-0.15, -0.1) is 0 Å². The minimum absolute atomic E-state index is 0.0644. The average Bonchev–Trinajstić information content (AvgIpc) is 3.37. The highest BCUT2D eigenvalue weighted by Crippen LogP contribution is 2.30. The minimum atomic E-state index is -0.327. The van der Waals surface area contributed by atoms with Crippen molar-refractivity contribution in [3.8, 4) is 0 Å². The van der Waals surface area contributed by atoms with Crippen LogP contribution in [0, 0.1) is 5.92 Å². The molecule has 0 aliphatic heterocycles. The second-order valence-electron chi connectivity index (χ2n) is 5.50. The molecular formula is C17H24N2O3. The summed E-state index contributed by atoms with van der Waals surface area (Å²) >= 11 is 0. The number of hydrogen-bond donors (Lipinski definition) is 1. The lowest BCUT2D eigenvalue weighted by Gasteiger charge is -2.17. The molecule has 0 radical (unpaired) electrons. The Morgan fingerprint density at radius 1 is 1.18 bits per heavy atom. The lowest BCUT2D eigenvalue weighted by Crippen LogP contribution is -2.27. The number of hydrogen-bond acceptors (Lipinski definition) is 4. The minimum Gasteiger partial charge on any atom is -0.461 e. The molecule has 120 valence electrons. The van der Waals surface area contributed by atoms with Crippen molar-refractivity contribution >= 4 is 17.6 Å². The van der Waals surface area contributed by atoms with Crippen molar-refractivity contribution in [3.05, 3.63) is 29.8 Å². The number of benzene rings is 1. The molecule has 1 amide bonds. The highest BCUT2D eigenvalue weighted by Gasteiger charge is 2.29. The van der Waals surface area contributed by atoms with E-state index in [0.717, 1.165) is 38.2 Å². The largest absolute Gasteiger partial charge is 0.461 e. The van der Waals surface area contributed by atoms with Crippen LogP contribution in [0.25, 0.3) is 0 Å². The molecule has 1 aromatic rings. The number of amides is 1. The van der Waals surface area contributed by atoms with Gasteiger partial charge in [-0.2, -0.15) is 0 Å². The van der Waals surface area contributed by atoms with Gasteiger partial charge >= 0.3 is 5.97 Å². The summed E-state index contributed by atoms with van der Waals surface area (Å²) in [4.78, 5) is 25.8. The smallest absolute Gasteiger partial charge is 0.338 e. The van der Waals surface area contributed by atoms with Gasteiger partial charge in [0, 0.05) is 18.2 Å². The van der Waals surface area contributed by atoms with E-state index in [-0.39, 0.29) is 17.8 Å². The van der Waals surface area contributed by atoms with Crippen molar-refractivity contribution in [1.82, 2.24) is 4.90 Å². The number of esters is 1. The Labute approximate surface area is 131 Å². The summed E-state index contributed by atoms with van der Waals surface area (Å²) < 4.78 is 5.26. The third-order valence-electron chi connectivity index (χ3n) is 3.87. The molecule has 0 saturated heterocycles. The maximum absolute atomic E-state index is 11.9. The van der Waals surface area contributed by atoms with Crippen LogP contribution < -0.4 is 5.32 Å². The van der Waals surface area contributed by atoms with Crippen LogP contribution in [-0.2, 0) is 9.53 Å². The van der Waals surface area contributed by atoms with Crippen molar-refractivity contribution in [2.24, 2.45) is 5.92 Å². The number of carbonyl (C=O) groups is 2. The molecule has 0 heterocycles. The first-order valence-electron chi connectivity index (χ1n) is 7.94. The van der Waals surface area contributed by atoms with Crippen molar-refractivity contribution < 1.29 is 14.3 Å². The predicted octanol–water partition coefficient (Wildman–Crippen LogP) is 2.53. The van der Waals surface area contributed by atoms with Crippen LogP contribution >= 0.6 is 0 Å². The zero-order chi connectivity index (χ0) is 15.9. The SMILES string of the molecule is CCN(CC)CCOC(=O)c1ccc(NC(=O)C2CC2)cc1. The molecule has 1 N–H and O–H groups in total. The Hall–Kier alpha value is -1.88. The first-order chi connectivity index (χ1) is 10.6. The molecule has 1 saturated carbocycles. The lowest BCUT2D eigenvalue weighted by atomic mass is 10.2. The Morgan fingerprint density at radius 2 is 1.82 bits per heavy atom. The van der Waals surface area contributed by atoms with E-state index >= 15 is 0 Å². The molecule has 1 aliphatic carbocycles. The monoisotopic (exact) mass is 304 g/mol. The fourth-order valence-corrected chi connectivity index (χ4v) is 2.17. The van der Waals surface area contributed by atoms with Gasteiger partial charge in [-0.3, -0.25) is 4.79 Å². The molecule has 0 atom stereocenters. The van der Waals surface area contributed by atoms with Crippen molar-refractivity contribution in [2.75, 3.05) is 31.6 Å². The maximum atomic E-state index is 11.9. The van der Waals surface area contributed by atoms with Gasteiger partial charge < -0.3 is 15.0 Å². The fraction of sp³-hybridized carbons (Fsp3) is 0.529. The molecule has 0 spiro atoms. The van der Waals surface area contributed by atoms with Crippen molar-refractivity contribution in [2.45, 2.75) is 26.7 Å². The number of anilines is 1. The molecular weight excluding hydrogens is 280 g/mol. The zero-order valence-electron chi connectivity index (χ0n) is 13.3. The van der Waals surface area contributed by atoms with E-state index < -0.39 is 0 Å². The molecule has 1 aromatic carbocycles. The van der Waals surface area contributed by atoms with Gasteiger partial charge in [0.1, 0.15) is 6.61 Å². The van der Waals surface area contributed by atoms with E-state index in [1.54, 1.807) is 24.3 Å². The van der Waals surface area contributed by atoms with E-state index in [0.29, 0.717) is 12.2 Å². The summed E-state index contributed by atoms with van der Waals surface area (Å²) in [5.74, 6) is -0.0912. The molecule has 0 unspecified atom stereocenters. The van der Waals surface area contributed by atoms with Crippen LogP contribution in [0.4, 0.5) is 5.69 Å². The highest BCUT2D eigenvalue weighted by molar-refractivity contribution is 5.95. The quantitative estimate of drug-likeness (QED) is 0.750. The van der Waals surface area contributed by atoms with Crippen LogP contribution in [0.5, 0.6) is 0 Å². The molecule has 2 rings (SSSR count). The molecule has 5 heteroatoms. The number of carbonyl (C=O) groups excluding carboxylic acids is 2. The second-order valence-corrected chi connectivity index (χ2v) is 5.50. The molecule has 0 bridgehead atoms. The Kier molecular flexibility index (Phi) is 5.95. The Bertz CT molecular complexity index is 505. The lowest BCUT2D eigenvalue weighted by molar-refractivity contribution is -0.117. The van der Waals surface area contributed by atoms with Crippen LogP contribution in [0.1, 0.15) is 37.0 Å². The normalized spacial score (nSPS) is 14.0. The molecule has 1 fully saturated rings. The van der Waals surface area contributed by atoms with Gasteiger partial charge in [-0.25, -0.2) is 4.79 Å². The van der Waals surface area contributed by atoms with E-state index in [1.807, 2.05) is 0 Å². The summed E-state index contributed by atoms with van der Waals surface area (Å²) in [6.07, 6.45) is 1.95. The van der Waals surface area contributed by atoms with Gasteiger partial charge in [-0.1, -0.05) is 13.8 Å². The van der Waals surface area contributed by atoms with Crippen LogP contribution in [-0.4, -0.2) is 43.0 Å². The topological polar surface area (TPSA) is 58.6 Å². The first-order valence-corrected chi connectivity index (χ1v) is 7.94. The Morgan fingerprint density at radius 3 is 2.36 bits per heavy atom. The molecule has 1 aliphatic rings. The fourth-order valence-electron chi connectivity index (χ4n) is 2.17. The molecule has 0 aromatic heterocycles. The number of likely N-dealkylation sites (N-methyl/N-ethyl adjacent to an activating group) is 1. The van der Waals surface area contributed by atoms with E-state index in [2.05, 4.69) is 24.1 Å². The van der Waals surface area contributed by atoms with E-state index in [4.69, 9.17) is 4.74 Å². The number of nitrogens with one attached hydrogen (secondary N) is 1. The van der Waals surface area contributed by atoms with Crippen LogP contribution in [0.3, 0.4) is 0 Å². The Balaban J connectivity index is 1.78. The number of nitrogens with zero attached hydrogens (tertiary/aromatic N) is 1. The van der Waals surface area contributed by atoms with Gasteiger partial charge in [0.05, 0.1) is 5.56 Å². The van der Waals surface area contributed by atoms with Crippen LogP contribution in [0.15, 0.2) is 24.3 Å². The van der Waals surface area contributed by atoms with Gasteiger partial charge in [0.2, 0.25) is 5.91 Å². The number of rotatable bonds is 8. The second kappa shape index (κ2) is 7.94.